The average Bonchev–Trinajstić information content (AvgIpc) is 2.53. The largest absolute Gasteiger partial charge is 0.507 e. The third kappa shape index (κ3) is 2.13. The van der Waals surface area contributed by atoms with Gasteiger partial charge in [-0.3, -0.25) is 9.59 Å². The van der Waals surface area contributed by atoms with E-state index in [2.05, 4.69) is 12.6 Å². The summed E-state index contributed by atoms with van der Waals surface area (Å²) in [5.74, 6) is -0.303. The molecule has 2 saturated heterocycles. The summed E-state index contributed by atoms with van der Waals surface area (Å²) in [7, 11) is 0. The normalized spacial score (nSPS) is 30.5. The quantitative estimate of drug-likeness (QED) is 0.454. The average molecular weight is 288 g/mol. The molecule has 2 amide bonds. The van der Waals surface area contributed by atoms with Crippen LogP contribution in [0.1, 0.15) is 26.2 Å². The summed E-state index contributed by atoms with van der Waals surface area (Å²) in [5, 5.41) is 11.2. The van der Waals surface area contributed by atoms with Crippen LogP contribution in [-0.2, 0) is 14.3 Å². The van der Waals surface area contributed by atoms with Gasteiger partial charge in [-0.2, -0.15) is 12.6 Å². The van der Waals surface area contributed by atoms with Crippen LogP contribution in [0.25, 0.3) is 0 Å². The van der Waals surface area contributed by atoms with E-state index < -0.39 is 23.7 Å². The van der Waals surface area contributed by atoms with Crippen LogP contribution >= 0.6 is 12.6 Å². The second-order valence-corrected chi connectivity index (χ2v) is 5.31. The molecule has 0 aromatic carbocycles. The maximum absolute atomic E-state index is 12.4. The third-order valence-corrected chi connectivity index (χ3v) is 3.81. The second-order valence-electron chi connectivity index (χ2n) is 4.86. The lowest BCUT2D eigenvalue weighted by Gasteiger charge is -2.37. The van der Waals surface area contributed by atoms with E-state index in [0.717, 1.165) is 5.01 Å². The van der Waals surface area contributed by atoms with Crippen LogP contribution in [0.2, 0.25) is 0 Å². The first kappa shape index (κ1) is 14.0. The molecule has 2 aliphatic rings. The van der Waals surface area contributed by atoms with Gasteiger partial charge in [-0.05, 0) is 25.5 Å². The Hall–Kier alpha value is -1.44. The molecule has 2 rings (SSSR count). The van der Waals surface area contributed by atoms with Gasteiger partial charge in [0.05, 0.1) is 0 Å². The topological polar surface area (TPSA) is 87.2 Å². The first-order valence-corrected chi connectivity index (χ1v) is 6.71. The van der Waals surface area contributed by atoms with E-state index in [1.54, 1.807) is 6.92 Å². The number of thiol groups is 1. The number of ether oxygens (including phenoxy) is 1. The van der Waals surface area contributed by atoms with Gasteiger partial charge >= 0.3 is 6.16 Å². The molecule has 0 aliphatic carbocycles. The van der Waals surface area contributed by atoms with Crippen molar-refractivity contribution in [2.24, 2.45) is 5.41 Å². The molecule has 2 unspecified atom stereocenters. The van der Waals surface area contributed by atoms with E-state index in [1.807, 2.05) is 0 Å². The molecule has 2 atom stereocenters. The van der Waals surface area contributed by atoms with E-state index in [4.69, 9.17) is 9.84 Å². The molecule has 0 aromatic heterocycles. The van der Waals surface area contributed by atoms with E-state index >= 15 is 0 Å². The van der Waals surface area contributed by atoms with Gasteiger partial charge in [0.1, 0.15) is 5.41 Å². The van der Waals surface area contributed by atoms with Crippen molar-refractivity contribution in [1.29, 1.82) is 0 Å². The number of carbonyl (C=O) groups excluding carboxylic acids is 2. The van der Waals surface area contributed by atoms with Crippen molar-refractivity contribution in [3.8, 4) is 0 Å². The Morgan fingerprint density at radius 3 is 2.79 bits per heavy atom. The minimum Gasteiger partial charge on any atom is -0.450 e. The molecular weight excluding hydrogens is 272 g/mol. The fourth-order valence-electron chi connectivity index (χ4n) is 2.53. The summed E-state index contributed by atoms with van der Waals surface area (Å²) in [4.78, 5) is 35.4. The number of nitrogens with zero attached hydrogens (tertiary/aromatic N) is 2. The molecule has 0 aromatic rings. The highest BCUT2D eigenvalue weighted by molar-refractivity contribution is 7.80. The molecule has 19 heavy (non-hydrogen) atoms. The van der Waals surface area contributed by atoms with Gasteiger partial charge in [0, 0.05) is 13.0 Å². The van der Waals surface area contributed by atoms with Crippen molar-refractivity contribution in [1.82, 2.24) is 10.0 Å². The zero-order chi connectivity index (χ0) is 14.2. The van der Waals surface area contributed by atoms with Gasteiger partial charge in [-0.1, -0.05) is 0 Å². The molecule has 2 fully saturated rings. The zero-order valence-corrected chi connectivity index (χ0v) is 11.4. The van der Waals surface area contributed by atoms with Crippen LogP contribution in [0.5, 0.6) is 0 Å². The third-order valence-electron chi connectivity index (χ3n) is 3.59. The van der Waals surface area contributed by atoms with Gasteiger partial charge in [0.25, 0.3) is 11.8 Å². The monoisotopic (exact) mass is 288 g/mol. The second kappa shape index (κ2) is 4.92. The standard InChI is InChI=1S/C11H16N2O5S/c1-11(4-6-19)8(14)12-5-2-3-7(18-10(16)17)13(12)9(11)15/h7,19H,2-6H2,1H3,(H,16,17). The Kier molecular flexibility index (Phi) is 3.62. The van der Waals surface area contributed by atoms with E-state index in [0.29, 0.717) is 31.6 Å². The lowest BCUT2D eigenvalue weighted by molar-refractivity contribution is -0.181. The number of hydrazine groups is 1. The van der Waals surface area contributed by atoms with Crippen molar-refractivity contribution < 1.29 is 24.2 Å². The summed E-state index contributed by atoms with van der Waals surface area (Å²) in [6, 6.07) is 0. The molecule has 0 bridgehead atoms. The van der Waals surface area contributed by atoms with Crippen LogP contribution in [0.3, 0.4) is 0 Å². The minimum atomic E-state index is -1.45. The van der Waals surface area contributed by atoms with Crippen LogP contribution in [0.15, 0.2) is 0 Å². The van der Waals surface area contributed by atoms with Gasteiger partial charge in [0.2, 0.25) is 0 Å². The Balaban J connectivity index is 2.29. The van der Waals surface area contributed by atoms with Crippen molar-refractivity contribution in [2.45, 2.75) is 32.4 Å². The highest BCUT2D eigenvalue weighted by Crippen LogP contribution is 2.39. The molecular formula is C11H16N2O5S. The summed E-state index contributed by atoms with van der Waals surface area (Å²) in [6.45, 7) is 1.98. The van der Waals surface area contributed by atoms with Crippen molar-refractivity contribution >= 4 is 30.6 Å². The van der Waals surface area contributed by atoms with Gasteiger partial charge in [-0.25, -0.2) is 14.8 Å². The fourth-order valence-corrected chi connectivity index (χ4v) is 2.98. The molecule has 106 valence electrons. The smallest absolute Gasteiger partial charge is 0.450 e. The lowest BCUT2D eigenvalue weighted by atomic mass is 9.87. The van der Waals surface area contributed by atoms with Gasteiger partial charge in [-0.15, -0.1) is 0 Å². The summed E-state index contributed by atoms with van der Waals surface area (Å²) >= 11 is 4.08. The van der Waals surface area contributed by atoms with Crippen LogP contribution in [0, 0.1) is 5.41 Å². The van der Waals surface area contributed by atoms with Crippen molar-refractivity contribution in [3.05, 3.63) is 0 Å². The van der Waals surface area contributed by atoms with Crippen molar-refractivity contribution in [3.63, 3.8) is 0 Å². The number of carbonyl (C=O) groups is 3. The fraction of sp³-hybridized carbons (Fsp3) is 0.727. The minimum absolute atomic E-state index is 0.301. The molecule has 8 heteroatoms. The Labute approximate surface area is 115 Å². The van der Waals surface area contributed by atoms with Crippen LogP contribution in [0.4, 0.5) is 4.79 Å². The number of hydrogen-bond donors (Lipinski definition) is 2. The maximum atomic E-state index is 12.4. The maximum Gasteiger partial charge on any atom is 0.507 e. The first-order valence-electron chi connectivity index (χ1n) is 6.08. The number of hydrogen-bond acceptors (Lipinski definition) is 5. The summed E-state index contributed by atoms with van der Waals surface area (Å²) in [5.41, 5.74) is -1.16. The molecule has 2 aliphatic heterocycles. The van der Waals surface area contributed by atoms with Crippen molar-refractivity contribution in [2.75, 3.05) is 12.3 Å². The molecule has 0 saturated carbocycles. The van der Waals surface area contributed by atoms with E-state index in [1.165, 1.54) is 5.01 Å². The summed E-state index contributed by atoms with van der Waals surface area (Å²) < 4.78 is 4.70. The SMILES string of the molecule is CC1(CCS)C(=O)N2CCCC(OC(=O)O)N2C1=O. The van der Waals surface area contributed by atoms with E-state index in [9.17, 15) is 14.4 Å². The van der Waals surface area contributed by atoms with Crippen LogP contribution < -0.4 is 0 Å². The Bertz CT molecular complexity index is 429. The molecule has 7 nitrogen and oxygen atoms in total. The van der Waals surface area contributed by atoms with Gasteiger partial charge < -0.3 is 9.84 Å². The zero-order valence-electron chi connectivity index (χ0n) is 10.5. The predicted octanol–water partition coefficient (Wildman–Crippen LogP) is 0.713. The highest BCUT2D eigenvalue weighted by atomic mass is 32.1. The number of amides is 2. The summed E-state index contributed by atoms with van der Waals surface area (Å²) in [6.07, 6.45) is -1.04. The number of fused-ring (bicyclic) bond motifs is 1. The number of rotatable bonds is 3. The highest BCUT2D eigenvalue weighted by Gasteiger charge is 2.58. The van der Waals surface area contributed by atoms with Gasteiger partial charge in [0.15, 0.2) is 6.23 Å². The van der Waals surface area contributed by atoms with E-state index in [-0.39, 0.29) is 5.91 Å². The predicted molar refractivity (Wildman–Crippen MR) is 67.3 cm³/mol. The first-order chi connectivity index (χ1) is 8.91. The molecule has 1 N–H and O–H groups in total. The number of carboxylic acid groups (broad SMARTS) is 1. The Morgan fingerprint density at radius 1 is 1.53 bits per heavy atom. The Morgan fingerprint density at radius 2 is 2.21 bits per heavy atom. The van der Waals surface area contributed by atoms with Crippen LogP contribution in [-0.4, -0.2) is 51.6 Å². The lowest BCUT2D eigenvalue weighted by Crippen LogP contribution is -2.52. The molecule has 0 radical (unpaired) electrons. The molecule has 2 heterocycles. The molecule has 0 spiro atoms.